The van der Waals surface area contributed by atoms with Crippen LogP contribution in [0.2, 0.25) is 0 Å². The number of benzene rings is 1. The molecule has 4 rings (SSSR count). The van der Waals surface area contributed by atoms with Gasteiger partial charge >= 0.3 is 6.18 Å². The van der Waals surface area contributed by atoms with Crippen LogP contribution in [0.15, 0.2) is 52.7 Å². The van der Waals surface area contributed by atoms with Crippen molar-refractivity contribution < 1.29 is 31.1 Å². The molecule has 4 N–H and O–H groups in total. The Bertz CT molecular complexity index is 1180. The van der Waals surface area contributed by atoms with E-state index in [9.17, 15) is 31.1 Å². The summed E-state index contributed by atoms with van der Waals surface area (Å²) in [6.07, 6.45) is -5.06. The fourth-order valence-corrected chi connectivity index (χ4v) is 5.59. The van der Waals surface area contributed by atoms with Crippen LogP contribution in [0.4, 0.5) is 17.6 Å². The summed E-state index contributed by atoms with van der Waals surface area (Å²) in [7, 11) is -4.56. The number of sulfonamides is 1. The van der Waals surface area contributed by atoms with Crippen LogP contribution in [0, 0.1) is 11.2 Å². The van der Waals surface area contributed by atoms with Crippen molar-refractivity contribution in [1.82, 2.24) is 9.29 Å². The van der Waals surface area contributed by atoms with Gasteiger partial charge in [-0.25, -0.2) is 12.8 Å². The molecular weight excluding hydrogens is 428 g/mol. The summed E-state index contributed by atoms with van der Waals surface area (Å²) in [5.74, 6) is -0.757. The average molecular weight is 442 g/mol. The van der Waals surface area contributed by atoms with Crippen LogP contribution in [0.25, 0.3) is 0 Å². The maximum atomic E-state index is 14.7. The molecular formula is C18H14F4N4O3S. The van der Waals surface area contributed by atoms with Crippen LogP contribution in [-0.4, -0.2) is 35.1 Å². The van der Waals surface area contributed by atoms with Crippen LogP contribution >= 0.6 is 0 Å². The topological polar surface area (TPSA) is 120 Å². The van der Waals surface area contributed by atoms with Gasteiger partial charge in [0.05, 0.1) is 12.1 Å². The highest BCUT2D eigenvalue weighted by atomic mass is 32.2. The molecule has 7 nitrogen and oxygen atoms in total. The van der Waals surface area contributed by atoms with Gasteiger partial charge in [0, 0.05) is 29.2 Å². The minimum absolute atomic E-state index is 0.0658. The van der Waals surface area contributed by atoms with Gasteiger partial charge in [-0.15, -0.1) is 0 Å². The number of rotatable bonds is 3. The van der Waals surface area contributed by atoms with E-state index in [1.54, 1.807) is 0 Å². The van der Waals surface area contributed by atoms with Crippen molar-refractivity contribution in [2.75, 3.05) is 0 Å². The summed E-state index contributed by atoms with van der Waals surface area (Å²) in [6.45, 7) is 0. The molecule has 0 saturated carbocycles. The lowest BCUT2D eigenvalue weighted by Gasteiger charge is -2.37. The Hall–Kier alpha value is -2.83. The molecule has 158 valence electrons. The van der Waals surface area contributed by atoms with Crippen LogP contribution in [0.3, 0.4) is 0 Å². The standard InChI is InChI=1S/C18H14F4N4O3S/c19-11-3-1-2-9-13(11)15-10(6-23)14(24)17(27)16(9)26(15)30(28,29)8-4-5-12(25-7-8)18(20,21)22/h1-7,15-17,23,27H,24H2/t15?,16?,17-/m1/s1. The highest BCUT2D eigenvalue weighted by molar-refractivity contribution is 7.89. The Kier molecular flexibility index (Phi) is 4.49. The van der Waals surface area contributed by atoms with Crippen molar-refractivity contribution in [3.05, 3.63) is 70.4 Å². The zero-order valence-electron chi connectivity index (χ0n) is 14.9. The van der Waals surface area contributed by atoms with Crippen molar-refractivity contribution in [3.63, 3.8) is 0 Å². The summed E-state index contributed by atoms with van der Waals surface area (Å²) < 4.78 is 80.4. The van der Waals surface area contributed by atoms with E-state index in [4.69, 9.17) is 11.1 Å². The number of nitrogens with zero attached hydrogens (tertiary/aromatic N) is 2. The van der Waals surface area contributed by atoms with Gasteiger partial charge in [0.2, 0.25) is 10.0 Å². The van der Waals surface area contributed by atoms with Crippen LogP contribution in [0.5, 0.6) is 0 Å². The lowest BCUT2D eigenvalue weighted by Crippen LogP contribution is -2.45. The first kappa shape index (κ1) is 20.4. The van der Waals surface area contributed by atoms with E-state index in [0.717, 1.165) is 22.7 Å². The first-order chi connectivity index (χ1) is 14.0. The lowest BCUT2D eigenvalue weighted by atomic mass is 9.97. The van der Waals surface area contributed by atoms with Gasteiger partial charge in [-0.3, -0.25) is 4.98 Å². The molecule has 30 heavy (non-hydrogen) atoms. The third kappa shape index (κ3) is 2.75. The first-order valence-electron chi connectivity index (χ1n) is 8.53. The van der Waals surface area contributed by atoms with Crippen molar-refractivity contribution in [2.24, 2.45) is 5.73 Å². The van der Waals surface area contributed by atoms with Crippen LogP contribution in [-0.2, 0) is 16.2 Å². The SMILES string of the molecule is N=CC1=C(N)[C@@H](O)C2c3cccc(F)c3C1N2S(=O)(=O)c1ccc(C(F)(F)F)nc1. The van der Waals surface area contributed by atoms with E-state index < -0.39 is 50.8 Å². The summed E-state index contributed by atoms with van der Waals surface area (Å²) in [5, 5.41) is 18.3. The Balaban J connectivity index is 1.91. The van der Waals surface area contributed by atoms with Crippen molar-refractivity contribution in [3.8, 4) is 0 Å². The predicted molar refractivity (Wildman–Crippen MR) is 96.1 cm³/mol. The zero-order valence-corrected chi connectivity index (χ0v) is 15.7. The van der Waals surface area contributed by atoms with Gasteiger partial charge in [-0.05, 0) is 23.8 Å². The number of hydrogen-bond acceptors (Lipinski definition) is 6. The number of nitrogens with one attached hydrogen (secondary N) is 1. The molecule has 0 saturated heterocycles. The van der Waals surface area contributed by atoms with Crippen molar-refractivity contribution in [1.29, 1.82) is 5.41 Å². The summed E-state index contributed by atoms with van der Waals surface area (Å²) in [4.78, 5) is 2.60. The number of nitrogens with two attached hydrogens (primary N) is 1. The molecule has 2 aliphatic rings. The molecule has 2 aliphatic heterocycles. The molecule has 0 spiro atoms. The fraction of sp³-hybridized carbons (Fsp3) is 0.222. The summed E-state index contributed by atoms with van der Waals surface area (Å²) in [6, 6.07) is 2.48. The lowest BCUT2D eigenvalue weighted by molar-refractivity contribution is -0.141. The van der Waals surface area contributed by atoms with Gasteiger partial charge in [0.25, 0.3) is 0 Å². The van der Waals surface area contributed by atoms with Crippen molar-refractivity contribution in [2.45, 2.75) is 29.3 Å². The Morgan fingerprint density at radius 3 is 2.50 bits per heavy atom. The fourth-order valence-electron chi connectivity index (χ4n) is 3.90. The molecule has 2 aromatic rings. The molecule has 12 heteroatoms. The third-order valence-corrected chi connectivity index (χ3v) is 7.04. The molecule has 3 atom stereocenters. The maximum absolute atomic E-state index is 14.7. The highest BCUT2D eigenvalue weighted by Crippen LogP contribution is 2.54. The van der Waals surface area contributed by atoms with E-state index in [-0.39, 0.29) is 22.4 Å². The van der Waals surface area contributed by atoms with E-state index in [2.05, 4.69) is 4.98 Å². The monoisotopic (exact) mass is 442 g/mol. The molecule has 1 aromatic heterocycles. The first-order valence-corrected chi connectivity index (χ1v) is 9.97. The summed E-state index contributed by atoms with van der Waals surface area (Å²) >= 11 is 0. The molecule has 1 aromatic carbocycles. The second kappa shape index (κ2) is 6.59. The minimum atomic E-state index is -4.76. The predicted octanol–water partition coefficient (Wildman–Crippen LogP) is 2.26. The van der Waals surface area contributed by atoms with E-state index in [0.29, 0.717) is 12.3 Å². The number of aliphatic hydroxyl groups is 1. The quantitative estimate of drug-likeness (QED) is 0.498. The Morgan fingerprint density at radius 1 is 1.23 bits per heavy atom. The van der Waals surface area contributed by atoms with Gasteiger partial charge < -0.3 is 16.2 Å². The normalized spacial score (nSPS) is 24.1. The number of hydrogen-bond donors (Lipinski definition) is 3. The Labute approximate surface area is 168 Å². The van der Waals surface area contributed by atoms with Gasteiger partial charge in [-0.2, -0.15) is 17.5 Å². The van der Waals surface area contributed by atoms with E-state index >= 15 is 0 Å². The number of fused-ring (bicyclic) bond motifs is 5. The van der Waals surface area contributed by atoms with Gasteiger partial charge in [0.1, 0.15) is 22.5 Å². The largest absolute Gasteiger partial charge is 0.433 e. The summed E-state index contributed by atoms with van der Waals surface area (Å²) in [5.41, 5.74) is 4.42. The van der Waals surface area contributed by atoms with E-state index in [1.807, 2.05) is 0 Å². The number of aromatic nitrogens is 1. The minimum Gasteiger partial charge on any atom is -0.400 e. The third-order valence-electron chi connectivity index (χ3n) is 5.21. The molecule has 0 radical (unpaired) electrons. The number of alkyl halides is 3. The van der Waals surface area contributed by atoms with Crippen LogP contribution < -0.4 is 5.73 Å². The second-order valence-corrected chi connectivity index (χ2v) is 8.65. The van der Waals surface area contributed by atoms with Gasteiger partial charge in [0.15, 0.2) is 0 Å². The Morgan fingerprint density at radius 2 is 1.93 bits per heavy atom. The molecule has 2 bridgehead atoms. The number of aliphatic hydroxyl groups excluding tert-OH is 1. The van der Waals surface area contributed by atoms with Crippen LogP contribution in [0.1, 0.15) is 28.9 Å². The highest BCUT2D eigenvalue weighted by Gasteiger charge is 2.55. The molecule has 0 amide bonds. The molecule has 2 unspecified atom stereocenters. The van der Waals surface area contributed by atoms with E-state index in [1.165, 1.54) is 12.1 Å². The number of halogens is 4. The molecule has 3 heterocycles. The van der Waals surface area contributed by atoms with Crippen molar-refractivity contribution >= 4 is 16.2 Å². The maximum Gasteiger partial charge on any atom is 0.433 e. The van der Waals surface area contributed by atoms with Gasteiger partial charge in [-0.1, -0.05) is 12.1 Å². The molecule has 0 fully saturated rings. The second-order valence-electron chi connectivity index (χ2n) is 6.80. The smallest absolute Gasteiger partial charge is 0.400 e. The zero-order chi connectivity index (χ0) is 22.0. The number of pyridine rings is 1. The molecule has 0 aliphatic carbocycles. The average Bonchev–Trinajstić information content (AvgIpc) is 3.00.